The van der Waals surface area contributed by atoms with Gasteiger partial charge in [0.1, 0.15) is 0 Å². The number of aromatic carboxylic acids is 1. The van der Waals surface area contributed by atoms with Crippen molar-refractivity contribution in [1.29, 1.82) is 0 Å². The van der Waals surface area contributed by atoms with Crippen LogP contribution in [0.4, 0.5) is 0 Å². The van der Waals surface area contributed by atoms with E-state index in [2.05, 4.69) is 12.1 Å². The van der Waals surface area contributed by atoms with Crippen LogP contribution in [0, 0.1) is 20.8 Å². The normalized spacial score (nSPS) is 9.95. The second-order valence-corrected chi connectivity index (χ2v) is 5.34. The molecule has 0 fully saturated rings. The number of carboxylic acid groups (broad SMARTS) is 1. The van der Waals surface area contributed by atoms with Crippen LogP contribution in [0.2, 0.25) is 0 Å². The first-order chi connectivity index (χ1) is 9.88. The molecule has 0 amide bonds. The summed E-state index contributed by atoms with van der Waals surface area (Å²) < 4.78 is 0. The molecule has 2 rings (SSSR count). The van der Waals surface area contributed by atoms with Crippen LogP contribution in [-0.4, -0.2) is 11.8 Å². The summed E-state index contributed by atoms with van der Waals surface area (Å²) in [5.74, 6) is -1.26. The zero-order valence-corrected chi connectivity index (χ0v) is 15.4. The van der Waals surface area contributed by atoms with E-state index < -0.39 is 5.97 Å². The van der Waals surface area contributed by atoms with Gasteiger partial charge in [-0.05, 0) is 43.0 Å². The van der Waals surface area contributed by atoms with Gasteiger partial charge in [0.15, 0.2) is 5.78 Å². The van der Waals surface area contributed by atoms with Gasteiger partial charge in [-0.2, -0.15) is 0 Å². The summed E-state index contributed by atoms with van der Waals surface area (Å²) in [4.78, 5) is 23.0. The van der Waals surface area contributed by atoms with Crippen LogP contribution >= 0.6 is 0 Å². The van der Waals surface area contributed by atoms with Gasteiger partial charge in [0.05, 0.1) is 5.97 Å². The minimum Gasteiger partial charge on any atom is -0.545 e. The zero-order valence-electron chi connectivity index (χ0n) is 13.4. The summed E-state index contributed by atoms with van der Waals surface area (Å²) in [6.45, 7) is 6.04. The van der Waals surface area contributed by atoms with Crippen LogP contribution in [0.25, 0.3) is 0 Å². The molecule has 0 aliphatic carbocycles. The maximum absolute atomic E-state index is 12.3. The molecule has 0 saturated heterocycles. The average molecular weight is 304 g/mol. The first-order valence-corrected chi connectivity index (χ1v) is 6.80. The van der Waals surface area contributed by atoms with Crippen LogP contribution in [-0.2, 0) is 6.42 Å². The third kappa shape index (κ3) is 4.29. The number of carbonyl (C=O) groups excluding carboxylic acids is 2. The third-order valence-electron chi connectivity index (χ3n) is 3.62. The predicted molar refractivity (Wildman–Crippen MR) is 79.5 cm³/mol. The molecule has 0 atom stereocenters. The van der Waals surface area contributed by atoms with Crippen molar-refractivity contribution >= 4 is 11.8 Å². The average Bonchev–Trinajstić information content (AvgIpc) is 2.42. The molecule has 0 aliphatic rings. The molecule has 0 saturated carbocycles. The first-order valence-electron chi connectivity index (χ1n) is 6.80. The molecule has 22 heavy (non-hydrogen) atoms. The van der Waals surface area contributed by atoms with Gasteiger partial charge < -0.3 is 9.90 Å². The Morgan fingerprint density at radius 1 is 0.909 bits per heavy atom. The number of rotatable bonds is 4. The molecule has 0 bridgehead atoms. The van der Waals surface area contributed by atoms with Crippen molar-refractivity contribution in [2.45, 2.75) is 27.2 Å². The quantitative estimate of drug-likeness (QED) is 0.560. The van der Waals surface area contributed by atoms with E-state index in [1.807, 2.05) is 20.8 Å². The van der Waals surface area contributed by atoms with Crippen LogP contribution in [0.15, 0.2) is 36.4 Å². The Morgan fingerprint density at radius 2 is 1.36 bits per heavy atom. The fraction of sp³-hybridized carbons (Fsp3) is 0.222. The molecule has 0 radical (unpaired) electrons. The van der Waals surface area contributed by atoms with Crippen LogP contribution in [0.1, 0.15) is 43.0 Å². The molecule has 2 aromatic carbocycles. The topological polar surface area (TPSA) is 57.2 Å². The van der Waals surface area contributed by atoms with Crippen molar-refractivity contribution in [3.05, 3.63) is 69.8 Å². The fourth-order valence-corrected chi connectivity index (χ4v) is 2.54. The van der Waals surface area contributed by atoms with Crippen LogP contribution in [0.5, 0.6) is 0 Å². The first kappa shape index (κ1) is 18.6. The van der Waals surface area contributed by atoms with Crippen LogP contribution in [0.3, 0.4) is 0 Å². The smallest absolute Gasteiger partial charge is 0.545 e. The summed E-state index contributed by atoms with van der Waals surface area (Å²) in [5, 5.41) is 10.7. The standard InChI is InChI=1S/C18H18O3.Na/c1-11-8-12(2)16(13(3)9-11)10-17(19)14-4-6-15(7-5-14)18(20)21;/h4-9H,10H2,1-3H3,(H,20,21);/q;+1/p-1. The Bertz CT molecular complexity index is 680. The molecule has 0 aromatic heterocycles. The van der Waals surface area contributed by atoms with E-state index in [0.717, 1.165) is 16.7 Å². The van der Waals surface area contributed by atoms with Gasteiger partial charge in [-0.3, -0.25) is 4.79 Å². The van der Waals surface area contributed by atoms with Crippen molar-refractivity contribution in [2.75, 3.05) is 0 Å². The fourth-order valence-electron chi connectivity index (χ4n) is 2.54. The second-order valence-electron chi connectivity index (χ2n) is 5.34. The van der Waals surface area contributed by atoms with E-state index in [4.69, 9.17) is 0 Å². The van der Waals surface area contributed by atoms with Gasteiger partial charge in [0, 0.05) is 12.0 Å². The minimum absolute atomic E-state index is 0. The monoisotopic (exact) mass is 304 g/mol. The number of benzene rings is 2. The number of carbonyl (C=O) groups is 2. The molecular formula is C18H17NaO3. The van der Waals surface area contributed by atoms with Gasteiger partial charge in [0.25, 0.3) is 0 Å². The molecule has 2 aromatic rings. The van der Waals surface area contributed by atoms with Crippen molar-refractivity contribution < 1.29 is 44.3 Å². The molecule has 3 nitrogen and oxygen atoms in total. The number of hydrogen-bond donors (Lipinski definition) is 0. The predicted octanol–water partition coefficient (Wildman–Crippen LogP) is -0.595. The Balaban J connectivity index is 0.00000242. The number of ketones is 1. The minimum atomic E-state index is -1.24. The summed E-state index contributed by atoms with van der Waals surface area (Å²) in [7, 11) is 0. The molecule has 0 heterocycles. The molecule has 4 heteroatoms. The van der Waals surface area contributed by atoms with Crippen molar-refractivity contribution in [2.24, 2.45) is 0 Å². The maximum Gasteiger partial charge on any atom is 1.00 e. The number of Topliss-reactive ketones (excluding diaryl/α,β-unsaturated/α-hetero) is 1. The van der Waals surface area contributed by atoms with E-state index in [1.54, 1.807) is 0 Å². The summed E-state index contributed by atoms with van der Waals surface area (Å²) in [5.41, 5.74) is 5.02. The molecule has 0 aliphatic heterocycles. The molecule has 108 valence electrons. The van der Waals surface area contributed by atoms with Gasteiger partial charge in [-0.25, -0.2) is 0 Å². The Labute approximate surface area is 152 Å². The van der Waals surface area contributed by atoms with Gasteiger partial charge in [-0.1, -0.05) is 42.0 Å². The summed E-state index contributed by atoms with van der Waals surface area (Å²) in [6, 6.07) is 10.00. The number of carboxylic acids is 1. The van der Waals surface area contributed by atoms with Gasteiger partial charge in [0.2, 0.25) is 0 Å². The largest absolute Gasteiger partial charge is 1.00 e. The van der Waals surface area contributed by atoms with Crippen molar-refractivity contribution in [1.82, 2.24) is 0 Å². The molecular weight excluding hydrogens is 287 g/mol. The Morgan fingerprint density at radius 3 is 1.82 bits per heavy atom. The van der Waals surface area contributed by atoms with E-state index in [1.165, 1.54) is 29.8 Å². The van der Waals surface area contributed by atoms with E-state index >= 15 is 0 Å². The number of hydrogen-bond acceptors (Lipinski definition) is 3. The van der Waals surface area contributed by atoms with Crippen molar-refractivity contribution in [3.63, 3.8) is 0 Å². The summed E-state index contributed by atoms with van der Waals surface area (Å²) in [6.07, 6.45) is 0.322. The van der Waals surface area contributed by atoms with Gasteiger partial charge >= 0.3 is 29.6 Å². The summed E-state index contributed by atoms with van der Waals surface area (Å²) >= 11 is 0. The van der Waals surface area contributed by atoms with Crippen molar-refractivity contribution in [3.8, 4) is 0 Å². The van der Waals surface area contributed by atoms with E-state index in [0.29, 0.717) is 12.0 Å². The van der Waals surface area contributed by atoms with E-state index in [9.17, 15) is 14.7 Å². The Kier molecular flexibility index (Phi) is 6.54. The van der Waals surface area contributed by atoms with Gasteiger partial charge in [-0.15, -0.1) is 0 Å². The number of aryl methyl sites for hydroxylation is 3. The third-order valence-corrected chi connectivity index (χ3v) is 3.62. The Hall–Kier alpha value is -1.42. The molecule has 0 unspecified atom stereocenters. The second kappa shape index (κ2) is 7.73. The SMILES string of the molecule is Cc1cc(C)c(CC(=O)c2ccc(C(=O)[O-])cc2)c(C)c1.[Na+]. The maximum atomic E-state index is 12.3. The molecule has 0 spiro atoms. The van der Waals surface area contributed by atoms with Crippen LogP contribution < -0.4 is 34.7 Å². The zero-order chi connectivity index (χ0) is 15.6. The molecule has 0 N–H and O–H groups in total. The van der Waals surface area contributed by atoms with E-state index in [-0.39, 0.29) is 40.9 Å².